The number of fused-ring (bicyclic) bond motifs is 4. The lowest BCUT2D eigenvalue weighted by molar-refractivity contribution is 0.0682. The van der Waals surface area contributed by atoms with Crippen LogP contribution in [0.2, 0.25) is 10.0 Å². The first-order valence-electron chi connectivity index (χ1n) is 21.4. The predicted molar refractivity (Wildman–Crippen MR) is 264 cm³/mol. The Balaban J connectivity index is 0.977. The number of phenolic OH excluding ortho intramolecular Hbond substituents is 1. The molecule has 71 heavy (non-hydrogen) atoms. The lowest BCUT2D eigenvalue weighted by Crippen LogP contribution is -2.24. The molecule has 0 fully saturated rings. The smallest absolute Gasteiger partial charge is 0.337 e. The molecule has 0 radical (unpaired) electrons. The average Bonchev–Trinajstić information content (AvgIpc) is 3.33. The van der Waals surface area contributed by atoms with Crippen LogP contribution in [0, 0.1) is 19.3 Å². The van der Waals surface area contributed by atoms with Crippen molar-refractivity contribution < 1.29 is 53.2 Å². The Hall–Kier alpha value is -8.99. The van der Waals surface area contributed by atoms with Crippen LogP contribution >= 0.6 is 23.2 Å². The van der Waals surface area contributed by atoms with Crippen LogP contribution in [0.3, 0.4) is 0 Å². The summed E-state index contributed by atoms with van der Waals surface area (Å²) in [5.74, 6) is -5.48. The minimum Gasteiger partial charge on any atom is -0.507 e. The standard InChI is InChI=1S/C53H36Cl2N4O12/c1-22-13-32-41(18-37(22)56)70-42-19-38(57)23(2)14-33(42)44(32)45-36(54)17-34(47(55)46(45)53(68)69)50(63)58-20-24-3-5-25(6-4-24)49(62)59-21-35-39(61)12-11-30-43(29-10-8-27(60)16-40(29)71-48(30)35)31-15-26(51(64)65)7-9-28(31)52(66)67/h3-19,56,61H,20-21,57H2,1-2H3,(H,58,63)(H,59,62)(H,64,65)(H,66,67)(H,68,69). The third-order valence-corrected chi connectivity index (χ3v) is 12.9. The Bertz CT molecular complexity index is 3860. The number of nitrogen functional groups attached to an aromatic ring is 1. The highest BCUT2D eigenvalue weighted by Crippen LogP contribution is 2.48. The highest BCUT2D eigenvalue weighted by Gasteiger charge is 2.31. The molecule has 9 N–H and O–H groups in total. The van der Waals surface area contributed by atoms with Crippen molar-refractivity contribution in [2.45, 2.75) is 26.9 Å². The Morgan fingerprint density at radius 3 is 2.04 bits per heavy atom. The molecule has 4 aliphatic rings. The topological polar surface area (TPSA) is 284 Å². The van der Waals surface area contributed by atoms with Crippen LogP contribution in [0.4, 0.5) is 5.69 Å². The summed E-state index contributed by atoms with van der Waals surface area (Å²) < 4.78 is 12.3. The van der Waals surface area contributed by atoms with Gasteiger partial charge in [-0.15, -0.1) is 0 Å². The zero-order chi connectivity index (χ0) is 50.7. The number of carboxylic acid groups (broad SMARTS) is 3. The first-order chi connectivity index (χ1) is 33.8. The first-order valence-corrected chi connectivity index (χ1v) is 22.1. The molecule has 5 aromatic rings. The molecule has 2 amide bonds. The fourth-order valence-electron chi connectivity index (χ4n) is 8.55. The lowest BCUT2D eigenvalue weighted by atomic mass is 9.88. The number of phenols is 1. The molecule has 0 unspecified atom stereocenters. The van der Waals surface area contributed by atoms with Gasteiger partial charge in [0.2, 0.25) is 0 Å². The highest BCUT2D eigenvalue weighted by molar-refractivity contribution is 6.41. The highest BCUT2D eigenvalue weighted by atomic mass is 35.5. The molecule has 2 aliphatic carbocycles. The van der Waals surface area contributed by atoms with Gasteiger partial charge in [0.25, 0.3) is 11.8 Å². The molecule has 2 aliphatic heterocycles. The van der Waals surface area contributed by atoms with E-state index in [-0.39, 0.29) is 107 Å². The first kappa shape index (κ1) is 47.1. The van der Waals surface area contributed by atoms with Crippen LogP contribution in [0.5, 0.6) is 5.75 Å². The third kappa shape index (κ3) is 8.51. The van der Waals surface area contributed by atoms with E-state index in [1.807, 2.05) is 0 Å². The second-order valence-corrected chi connectivity index (χ2v) is 17.4. The second kappa shape index (κ2) is 18.2. The molecule has 0 aromatic heterocycles. The summed E-state index contributed by atoms with van der Waals surface area (Å²) in [6, 6.07) is 24.1. The Labute approximate surface area is 410 Å². The van der Waals surface area contributed by atoms with Gasteiger partial charge >= 0.3 is 17.9 Å². The molecule has 16 nitrogen and oxygen atoms in total. The predicted octanol–water partition coefficient (Wildman–Crippen LogP) is 9.73. The number of benzene rings is 7. The fourth-order valence-corrected chi connectivity index (χ4v) is 9.17. The van der Waals surface area contributed by atoms with E-state index in [0.717, 1.165) is 12.1 Å². The van der Waals surface area contributed by atoms with Gasteiger partial charge in [-0.05, 0) is 109 Å². The zero-order valence-electron chi connectivity index (χ0n) is 37.1. The van der Waals surface area contributed by atoms with Crippen molar-refractivity contribution in [2.24, 2.45) is 0 Å². The summed E-state index contributed by atoms with van der Waals surface area (Å²) in [7, 11) is 0. The minimum absolute atomic E-state index is 0.00905. The lowest BCUT2D eigenvalue weighted by Gasteiger charge is -2.21. The Morgan fingerprint density at radius 1 is 0.634 bits per heavy atom. The van der Waals surface area contributed by atoms with Gasteiger partial charge in [-0.2, -0.15) is 0 Å². The van der Waals surface area contributed by atoms with Crippen LogP contribution in [0.25, 0.3) is 66.8 Å². The quantitative estimate of drug-likeness (QED) is 0.0443. The number of nitrogens with one attached hydrogen (secondary N) is 3. The van der Waals surface area contributed by atoms with Crippen LogP contribution in [-0.4, -0.2) is 50.1 Å². The van der Waals surface area contributed by atoms with Gasteiger partial charge in [-0.1, -0.05) is 35.3 Å². The molecule has 5 aromatic carbocycles. The number of aryl methyl sites for hydroxylation is 2. The number of carboxylic acids is 3. The molecule has 2 heterocycles. The van der Waals surface area contributed by atoms with Crippen LogP contribution < -0.4 is 27.2 Å². The molecule has 0 atom stereocenters. The van der Waals surface area contributed by atoms with E-state index in [9.17, 15) is 49.2 Å². The van der Waals surface area contributed by atoms with E-state index in [2.05, 4.69) is 10.6 Å². The van der Waals surface area contributed by atoms with E-state index in [0.29, 0.717) is 44.5 Å². The second-order valence-electron chi connectivity index (χ2n) is 16.6. The molecular formula is C53H36Cl2N4O12. The zero-order valence-corrected chi connectivity index (χ0v) is 38.6. The molecular weight excluding hydrogens is 956 g/mol. The number of aromatic hydroxyl groups is 1. The molecule has 0 spiro atoms. The number of amides is 2. The Kier molecular flexibility index (Phi) is 12.0. The number of anilines is 1. The van der Waals surface area contributed by atoms with Crippen LogP contribution in [-0.2, 0) is 13.1 Å². The summed E-state index contributed by atoms with van der Waals surface area (Å²) in [5, 5.41) is 55.8. The molecule has 0 saturated heterocycles. The largest absolute Gasteiger partial charge is 0.507 e. The maximum Gasteiger partial charge on any atom is 0.337 e. The number of nitrogens with two attached hydrogens (primary N) is 1. The SMILES string of the molecule is Cc1cc2c(-c3c(Cl)cc(C(=O)NCc4ccc(C(=O)NCc5c(O)ccc6c(-c7cc(C(=O)O)ccc7C(=O)O)c7ccc(=O)cc-7oc56)cc4)c(Cl)c3C(=O)O)c3cc(C)c(=N)cc-3oc2cc1N. The van der Waals surface area contributed by atoms with Gasteiger partial charge in [0, 0.05) is 74.6 Å². The summed E-state index contributed by atoms with van der Waals surface area (Å²) >= 11 is 13.7. The van der Waals surface area contributed by atoms with Crippen molar-refractivity contribution in [1.82, 2.24) is 10.6 Å². The third-order valence-electron chi connectivity index (χ3n) is 12.2. The number of hydrogen-bond acceptors (Lipinski definition) is 11. The monoisotopic (exact) mass is 990 g/mol. The maximum atomic E-state index is 13.7. The van der Waals surface area contributed by atoms with Gasteiger partial charge in [0.1, 0.15) is 28.4 Å². The summed E-state index contributed by atoms with van der Waals surface area (Å²) in [5.41, 5.74) is 8.78. The average molecular weight is 992 g/mol. The summed E-state index contributed by atoms with van der Waals surface area (Å²) in [6.07, 6.45) is 0. The van der Waals surface area contributed by atoms with Crippen molar-refractivity contribution in [3.8, 4) is 50.7 Å². The van der Waals surface area contributed by atoms with E-state index in [4.69, 9.17) is 43.2 Å². The number of rotatable bonds is 11. The van der Waals surface area contributed by atoms with Crippen LogP contribution in [0.15, 0.2) is 117 Å². The summed E-state index contributed by atoms with van der Waals surface area (Å²) in [6.45, 7) is 3.10. The van der Waals surface area contributed by atoms with Gasteiger partial charge in [0.15, 0.2) is 5.43 Å². The Morgan fingerprint density at radius 2 is 1.34 bits per heavy atom. The van der Waals surface area contributed by atoms with Gasteiger partial charge in [-0.25, -0.2) is 14.4 Å². The van der Waals surface area contributed by atoms with E-state index in [1.54, 1.807) is 44.2 Å². The number of halogens is 2. The van der Waals surface area contributed by atoms with Gasteiger partial charge < -0.3 is 51.0 Å². The van der Waals surface area contributed by atoms with Crippen molar-refractivity contribution in [3.05, 3.63) is 179 Å². The van der Waals surface area contributed by atoms with Crippen molar-refractivity contribution in [2.75, 3.05) is 5.73 Å². The van der Waals surface area contributed by atoms with Gasteiger partial charge in [-0.3, -0.25) is 14.4 Å². The van der Waals surface area contributed by atoms with Crippen LogP contribution in [0.1, 0.15) is 74.0 Å². The van der Waals surface area contributed by atoms with Crippen molar-refractivity contribution in [1.29, 1.82) is 5.41 Å². The number of carbonyl (C=O) groups is 5. The van der Waals surface area contributed by atoms with E-state index >= 15 is 0 Å². The molecule has 9 rings (SSSR count). The molecule has 18 heteroatoms. The van der Waals surface area contributed by atoms with E-state index < -0.39 is 40.7 Å². The van der Waals surface area contributed by atoms with Crippen molar-refractivity contribution >= 4 is 80.6 Å². The number of hydrogen-bond donors (Lipinski definition) is 8. The normalized spacial score (nSPS) is 11.3. The molecule has 0 saturated carbocycles. The van der Waals surface area contributed by atoms with Gasteiger partial charge in [0.05, 0.1) is 49.8 Å². The van der Waals surface area contributed by atoms with E-state index in [1.165, 1.54) is 60.7 Å². The number of carbonyl (C=O) groups excluding carboxylic acids is 2. The maximum absolute atomic E-state index is 13.7. The number of aromatic carboxylic acids is 3. The summed E-state index contributed by atoms with van der Waals surface area (Å²) in [4.78, 5) is 77.2. The van der Waals surface area contributed by atoms with Crippen molar-refractivity contribution in [3.63, 3.8) is 0 Å². The molecule has 0 bridgehead atoms. The minimum atomic E-state index is -1.46. The fraction of sp³-hybridized carbons (Fsp3) is 0.0755. The molecule has 354 valence electrons.